The molecule has 0 amide bonds. The molecule has 3 aromatic rings. The van der Waals surface area contributed by atoms with Crippen LogP contribution in [-0.4, -0.2) is 19.5 Å². The number of hydrogen-bond acceptors (Lipinski definition) is 5. The summed E-state index contributed by atoms with van der Waals surface area (Å²) in [5, 5.41) is 2.96. The van der Waals surface area contributed by atoms with Gasteiger partial charge in [-0.25, -0.2) is 9.97 Å². The predicted octanol–water partition coefficient (Wildman–Crippen LogP) is 4.60. The Hall–Kier alpha value is -1.60. The summed E-state index contributed by atoms with van der Waals surface area (Å²) in [5.41, 5.74) is 3.11. The summed E-state index contributed by atoms with van der Waals surface area (Å²) < 4.78 is 3.12. The molecule has 3 aromatic heterocycles. The van der Waals surface area contributed by atoms with Crippen molar-refractivity contribution in [2.24, 2.45) is 0 Å². The van der Waals surface area contributed by atoms with Gasteiger partial charge < -0.3 is 9.55 Å². The van der Waals surface area contributed by atoms with Gasteiger partial charge in [-0.2, -0.15) is 0 Å². The number of aryl methyl sites for hydroxylation is 1. The number of hydrogen-bond donors (Lipinski definition) is 1. The van der Waals surface area contributed by atoms with Crippen molar-refractivity contribution < 1.29 is 0 Å². The van der Waals surface area contributed by atoms with Gasteiger partial charge in [-0.05, 0) is 38.1 Å². The number of thiophene rings is 1. The summed E-state index contributed by atoms with van der Waals surface area (Å²) in [6, 6.07) is 2.46. The van der Waals surface area contributed by atoms with Gasteiger partial charge in [0.15, 0.2) is 5.16 Å². The van der Waals surface area contributed by atoms with Gasteiger partial charge in [-0.1, -0.05) is 31.0 Å². The lowest BCUT2D eigenvalue weighted by atomic mass is 9.95. The first kappa shape index (κ1) is 16.8. The Morgan fingerprint density at radius 1 is 1.28 bits per heavy atom. The smallest absolute Gasteiger partial charge is 0.268 e. The van der Waals surface area contributed by atoms with Crippen molar-refractivity contribution in [3.8, 4) is 0 Å². The van der Waals surface area contributed by atoms with Gasteiger partial charge in [0.1, 0.15) is 10.5 Å². The van der Waals surface area contributed by atoms with E-state index in [9.17, 15) is 4.79 Å². The molecule has 0 bridgehead atoms. The highest BCUT2D eigenvalue weighted by Gasteiger charge is 2.22. The molecule has 5 nitrogen and oxygen atoms in total. The van der Waals surface area contributed by atoms with E-state index in [1.165, 1.54) is 49.1 Å². The number of thioether (sulfide) groups is 1. The lowest BCUT2D eigenvalue weighted by molar-refractivity contribution is 0.332. The summed E-state index contributed by atoms with van der Waals surface area (Å²) in [5.74, 6) is 1.35. The third-order valence-electron chi connectivity index (χ3n) is 5.00. The number of aromatic nitrogens is 4. The highest BCUT2D eigenvalue weighted by molar-refractivity contribution is 7.98. The van der Waals surface area contributed by atoms with Crippen molar-refractivity contribution in [3.63, 3.8) is 0 Å². The zero-order chi connectivity index (χ0) is 17.4. The number of rotatable bonds is 4. The second-order valence-electron chi connectivity index (χ2n) is 6.66. The number of aromatic amines is 1. The first-order chi connectivity index (χ1) is 12.1. The molecule has 0 atom stereocenters. The highest BCUT2D eigenvalue weighted by atomic mass is 32.2. The predicted molar refractivity (Wildman–Crippen MR) is 104 cm³/mol. The maximum absolute atomic E-state index is 12.1. The van der Waals surface area contributed by atoms with E-state index in [1.54, 1.807) is 11.8 Å². The van der Waals surface area contributed by atoms with E-state index in [4.69, 9.17) is 4.98 Å². The Morgan fingerprint density at radius 3 is 2.88 bits per heavy atom. The van der Waals surface area contributed by atoms with Crippen LogP contribution in [0, 0.1) is 13.8 Å². The molecule has 0 aliphatic heterocycles. The lowest BCUT2D eigenvalue weighted by Gasteiger charge is -2.26. The largest absolute Gasteiger partial charge is 0.320 e. The fourth-order valence-electron chi connectivity index (χ4n) is 3.59. The zero-order valence-corrected chi connectivity index (χ0v) is 16.2. The summed E-state index contributed by atoms with van der Waals surface area (Å²) in [6.45, 7) is 4.24. The topological polar surface area (TPSA) is 63.6 Å². The minimum Gasteiger partial charge on any atom is -0.320 e. The maximum Gasteiger partial charge on any atom is 0.268 e. The van der Waals surface area contributed by atoms with E-state index in [-0.39, 0.29) is 5.56 Å². The molecule has 1 aliphatic carbocycles. The molecule has 25 heavy (non-hydrogen) atoms. The van der Waals surface area contributed by atoms with Crippen LogP contribution >= 0.6 is 23.1 Å². The first-order valence-electron chi connectivity index (χ1n) is 8.78. The number of nitrogens with zero attached hydrogens (tertiary/aromatic N) is 3. The summed E-state index contributed by atoms with van der Waals surface area (Å²) in [4.78, 5) is 24.4. The van der Waals surface area contributed by atoms with Crippen LogP contribution in [-0.2, 0) is 5.75 Å². The van der Waals surface area contributed by atoms with Gasteiger partial charge in [0.25, 0.3) is 5.56 Å². The zero-order valence-electron chi connectivity index (χ0n) is 14.5. The van der Waals surface area contributed by atoms with E-state index >= 15 is 0 Å². The molecule has 0 radical (unpaired) electrons. The molecule has 0 aromatic carbocycles. The van der Waals surface area contributed by atoms with E-state index in [2.05, 4.69) is 28.4 Å². The van der Waals surface area contributed by atoms with Gasteiger partial charge in [0.05, 0.1) is 17.0 Å². The van der Waals surface area contributed by atoms with Gasteiger partial charge in [0.2, 0.25) is 0 Å². The number of imidazole rings is 1. The van der Waals surface area contributed by atoms with E-state index < -0.39 is 0 Å². The van der Waals surface area contributed by atoms with Crippen LogP contribution in [0.25, 0.3) is 10.2 Å². The molecule has 0 unspecified atom stereocenters. The van der Waals surface area contributed by atoms with Crippen LogP contribution in [0.15, 0.2) is 21.4 Å². The summed E-state index contributed by atoms with van der Waals surface area (Å²) >= 11 is 3.11. The number of fused-ring (bicyclic) bond motifs is 1. The highest BCUT2D eigenvalue weighted by Crippen LogP contribution is 2.34. The second-order valence-corrected chi connectivity index (χ2v) is 8.52. The molecule has 0 saturated heterocycles. The summed E-state index contributed by atoms with van der Waals surface area (Å²) in [7, 11) is 0. The fraction of sp³-hybridized carbons (Fsp3) is 0.500. The SMILES string of the molecule is Cc1nc(SCc2nc3ccsc3c(=O)[nH]2)n(C2CCCCC2)c1C. The average Bonchev–Trinajstić information content (AvgIpc) is 3.19. The third kappa shape index (κ3) is 3.27. The van der Waals surface area contributed by atoms with Crippen LogP contribution in [0.2, 0.25) is 0 Å². The third-order valence-corrected chi connectivity index (χ3v) is 6.86. The van der Waals surface area contributed by atoms with Crippen molar-refractivity contribution in [2.45, 2.75) is 62.9 Å². The quantitative estimate of drug-likeness (QED) is 0.678. The molecule has 132 valence electrons. The van der Waals surface area contributed by atoms with E-state index in [0.717, 1.165) is 22.2 Å². The van der Waals surface area contributed by atoms with Crippen molar-refractivity contribution in [3.05, 3.63) is 39.0 Å². The minimum absolute atomic E-state index is 0.0430. The van der Waals surface area contributed by atoms with E-state index in [0.29, 0.717) is 16.5 Å². The standard InChI is InChI=1S/C18H22N4OS2/c1-11-12(2)22(13-6-4-3-5-7-13)18(19-11)25-10-15-20-14-8-9-24-16(14)17(23)21-15/h8-9,13H,3-7,10H2,1-2H3,(H,20,21,23). The first-order valence-corrected chi connectivity index (χ1v) is 10.6. The fourth-order valence-corrected chi connectivity index (χ4v) is 5.34. The molecule has 1 saturated carbocycles. The number of H-pyrrole nitrogens is 1. The molecule has 4 rings (SSSR count). The minimum atomic E-state index is -0.0430. The van der Waals surface area contributed by atoms with Crippen LogP contribution in [0.5, 0.6) is 0 Å². The molecule has 1 N–H and O–H groups in total. The maximum atomic E-state index is 12.1. The monoisotopic (exact) mass is 374 g/mol. The Kier molecular flexibility index (Phi) is 4.69. The summed E-state index contributed by atoms with van der Waals surface area (Å²) in [6.07, 6.45) is 6.42. The van der Waals surface area contributed by atoms with E-state index in [1.807, 2.05) is 11.4 Å². The average molecular weight is 375 g/mol. The van der Waals surface area contributed by atoms with Gasteiger partial charge in [-0.3, -0.25) is 4.79 Å². The number of nitrogens with one attached hydrogen (secondary N) is 1. The van der Waals surface area contributed by atoms with Crippen LogP contribution in [0.4, 0.5) is 0 Å². The molecule has 0 spiro atoms. The second kappa shape index (κ2) is 6.96. The van der Waals surface area contributed by atoms with Crippen LogP contribution in [0.1, 0.15) is 55.4 Å². The Morgan fingerprint density at radius 2 is 2.08 bits per heavy atom. The van der Waals surface area contributed by atoms with Gasteiger partial charge in [0, 0.05) is 11.7 Å². The van der Waals surface area contributed by atoms with Crippen molar-refractivity contribution in [1.29, 1.82) is 0 Å². The Balaban J connectivity index is 1.59. The van der Waals surface area contributed by atoms with Crippen molar-refractivity contribution in [2.75, 3.05) is 0 Å². The normalized spacial score (nSPS) is 15.9. The Bertz CT molecular complexity index is 950. The molecular formula is C18H22N4OS2. The molecule has 1 fully saturated rings. The Labute approximate surface area is 154 Å². The molecular weight excluding hydrogens is 352 g/mol. The van der Waals surface area contributed by atoms with Crippen molar-refractivity contribution >= 4 is 33.3 Å². The van der Waals surface area contributed by atoms with Gasteiger partial charge >= 0.3 is 0 Å². The van der Waals surface area contributed by atoms with Crippen LogP contribution in [0.3, 0.4) is 0 Å². The lowest BCUT2D eigenvalue weighted by Crippen LogP contribution is -2.15. The molecule has 7 heteroatoms. The molecule has 1 aliphatic rings. The molecule has 3 heterocycles. The van der Waals surface area contributed by atoms with Crippen LogP contribution < -0.4 is 5.56 Å². The van der Waals surface area contributed by atoms with Crippen molar-refractivity contribution in [1.82, 2.24) is 19.5 Å². The van der Waals surface area contributed by atoms with Gasteiger partial charge in [-0.15, -0.1) is 11.3 Å².